The number of sulfonamides is 1. The van der Waals surface area contributed by atoms with Gasteiger partial charge in [-0.25, -0.2) is 17.5 Å². The Kier molecular flexibility index (Phi) is 5.05. The Morgan fingerprint density at radius 3 is 2.60 bits per heavy atom. The van der Waals surface area contributed by atoms with Gasteiger partial charge < -0.3 is 4.57 Å². The van der Waals surface area contributed by atoms with E-state index < -0.39 is 16.1 Å². The molecule has 1 aromatic carbocycles. The number of hydrogen-bond acceptors (Lipinski definition) is 3. The summed E-state index contributed by atoms with van der Waals surface area (Å²) in [4.78, 5) is 0. The Labute approximate surface area is 176 Å². The molecule has 1 fully saturated rings. The lowest BCUT2D eigenvalue weighted by Gasteiger charge is -2.20. The lowest BCUT2D eigenvalue weighted by Crippen LogP contribution is -2.29. The van der Waals surface area contributed by atoms with Crippen LogP contribution >= 0.6 is 0 Å². The van der Waals surface area contributed by atoms with E-state index in [-0.39, 0.29) is 16.5 Å². The van der Waals surface area contributed by atoms with Gasteiger partial charge in [0.05, 0.1) is 17.1 Å². The molecule has 30 heavy (non-hydrogen) atoms. The zero-order valence-electron chi connectivity index (χ0n) is 18.1. The first-order valence-electron chi connectivity index (χ1n) is 10.3. The van der Waals surface area contributed by atoms with Crippen molar-refractivity contribution in [2.24, 2.45) is 5.41 Å². The molecule has 6 nitrogen and oxygen atoms in total. The van der Waals surface area contributed by atoms with Crippen LogP contribution in [0.3, 0.4) is 0 Å². The maximum atomic E-state index is 15.1. The monoisotopic (exact) mass is 432 g/mol. The van der Waals surface area contributed by atoms with Crippen molar-refractivity contribution >= 4 is 20.9 Å². The van der Waals surface area contributed by atoms with Crippen molar-refractivity contribution in [3.8, 4) is 11.3 Å². The molecule has 0 amide bonds. The van der Waals surface area contributed by atoms with Gasteiger partial charge in [0.15, 0.2) is 0 Å². The molecule has 162 valence electrons. The Morgan fingerprint density at radius 2 is 2.03 bits per heavy atom. The van der Waals surface area contributed by atoms with Gasteiger partial charge >= 0.3 is 0 Å². The van der Waals surface area contributed by atoms with E-state index >= 15 is 4.39 Å². The van der Waals surface area contributed by atoms with Crippen LogP contribution < -0.4 is 4.72 Å². The maximum Gasteiger partial charge on any atom is 0.215 e. The first kappa shape index (κ1) is 21.1. The van der Waals surface area contributed by atoms with Gasteiger partial charge in [0.1, 0.15) is 5.82 Å². The molecule has 0 spiro atoms. The molecule has 2 N–H and O–H groups in total. The minimum atomic E-state index is -3.35. The van der Waals surface area contributed by atoms with Crippen LogP contribution in [0.4, 0.5) is 4.39 Å². The summed E-state index contributed by atoms with van der Waals surface area (Å²) in [6.07, 6.45) is 5.04. The third-order valence-corrected chi connectivity index (χ3v) is 7.55. The summed E-state index contributed by atoms with van der Waals surface area (Å²) in [6.45, 7) is 10.8. The molecular weight excluding hydrogens is 403 g/mol. The summed E-state index contributed by atoms with van der Waals surface area (Å²) < 4.78 is 44.9. The van der Waals surface area contributed by atoms with Crippen molar-refractivity contribution in [1.29, 1.82) is 0 Å². The van der Waals surface area contributed by atoms with E-state index in [0.717, 1.165) is 28.6 Å². The summed E-state index contributed by atoms with van der Waals surface area (Å²) in [6, 6.07) is 2.91. The van der Waals surface area contributed by atoms with Gasteiger partial charge in [-0.3, -0.25) is 5.10 Å². The molecule has 4 rings (SSSR count). The van der Waals surface area contributed by atoms with E-state index in [1.54, 1.807) is 6.20 Å². The van der Waals surface area contributed by atoms with E-state index in [9.17, 15) is 8.42 Å². The van der Waals surface area contributed by atoms with E-state index in [2.05, 4.69) is 40.3 Å². The van der Waals surface area contributed by atoms with Crippen LogP contribution in [0.2, 0.25) is 0 Å². The van der Waals surface area contributed by atoms with E-state index in [4.69, 9.17) is 0 Å². The first-order valence-corrected chi connectivity index (χ1v) is 11.8. The lowest BCUT2D eigenvalue weighted by molar-refractivity contribution is 0.349. The molecule has 1 saturated carbocycles. The number of benzene rings is 1. The van der Waals surface area contributed by atoms with Crippen LogP contribution in [0.25, 0.3) is 22.2 Å². The van der Waals surface area contributed by atoms with Gasteiger partial charge in [-0.05, 0) is 55.4 Å². The first-order chi connectivity index (χ1) is 14.0. The molecule has 1 aliphatic rings. The second kappa shape index (κ2) is 7.20. The number of nitrogens with zero attached hydrogens (tertiary/aromatic N) is 2. The number of halogens is 1. The number of aryl methyl sites for hydroxylation is 1. The van der Waals surface area contributed by atoms with Crippen molar-refractivity contribution in [2.45, 2.75) is 65.3 Å². The predicted molar refractivity (Wildman–Crippen MR) is 117 cm³/mol. The van der Waals surface area contributed by atoms with Gasteiger partial charge in [-0.15, -0.1) is 0 Å². The number of aromatic nitrogens is 3. The molecule has 0 aliphatic heterocycles. The van der Waals surface area contributed by atoms with Crippen LogP contribution in [0.15, 0.2) is 24.5 Å². The summed E-state index contributed by atoms with van der Waals surface area (Å²) >= 11 is 0. The smallest absolute Gasteiger partial charge is 0.215 e. The SMILES string of the molecule is Cc1cn[nH]c1-c1cc2c(cc1F)c([C@@H](C)NS(=O)(=O)C1CC1)cn2CC(C)(C)C. The standard InChI is InChI=1S/C22H29FN4O2S/c1-13-10-24-25-21(13)17-9-20-16(8-19(17)23)18(11-27(20)12-22(3,4)5)14(2)26-30(28,29)15-6-7-15/h8-11,14-15,26H,6-7,12H2,1-5H3,(H,24,25)/t14-/m1/s1. The highest BCUT2D eigenvalue weighted by atomic mass is 32.2. The normalized spacial score (nSPS) is 16.3. The third kappa shape index (κ3) is 4.03. The number of H-pyrrole nitrogens is 1. The van der Waals surface area contributed by atoms with Crippen molar-refractivity contribution in [3.63, 3.8) is 0 Å². The predicted octanol–water partition coefficient (Wildman–Crippen LogP) is 4.67. The highest BCUT2D eigenvalue weighted by Gasteiger charge is 2.37. The minimum Gasteiger partial charge on any atom is -0.347 e. The van der Waals surface area contributed by atoms with Crippen LogP contribution in [-0.2, 0) is 16.6 Å². The number of aromatic amines is 1. The molecule has 3 aromatic rings. The zero-order valence-corrected chi connectivity index (χ0v) is 18.9. The molecule has 0 bridgehead atoms. The van der Waals surface area contributed by atoms with Gasteiger partial charge in [-0.2, -0.15) is 5.10 Å². The molecule has 0 saturated heterocycles. The largest absolute Gasteiger partial charge is 0.347 e. The molecule has 8 heteroatoms. The minimum absolute atomic E-state index is 0.00156. The van der Waals surface area contributed by atoms with Crippen molar-refractivity contribution < 1.29 is 12.8 Å². The van der Waals surface area contributed by atoms with Gasteiger partial charge in [0.2, 0.25) is 10.0 Å². The average molecular weight is 433 g/mol. The molecule has 2 heterocycles. The lowest BCUT2D eigenvalue weighted by atomic mass is 9.97. The fraction of sp³-hybridized carbons (Fsp3) is 0.500. The Balaban J connectivity index is 1.84. The summed E-state index contributed by atoms with van der Waals surface area (Å²) in [5.74, 6) is -0.359. The molecule has 1 atom stereocenters. The quantitative estimate of drug-likeness (QED) is 0.594. The second-order valence-electron chi connectivity index (χ2n) is 9.63. The zero-order chi connectivity index (χ0) is 21.8. The van der Waals surface area contributed by atoms with Crippen molar-refractivity contribution in [1.82, 2.24) is 19.5 Å². The fourth-order valence-corrected chi connectivity index (χ4v) is 5.49. The number of fused-ring (bicyclic) bond motifs is 1. The molecule has 0 radical (unpaired) electrons. The van der Waals surface area contributed by atoms with Crippen LogP contribution in [0, 0.1) is 18.2 Å². The van der Waals surface area contributed by atoms with E-state index in [1.165, 1.54) is 6.07 Å². The topological polar surface area (TPSA) is 79.8 Å². The van der Waals surface area contributed by atoms with Crippen LogP contribution in [0.1, 0.15) is 57.7 Å². The Morgan fingerprint density at radius 1 is 1.33 bits per heavy atom. The van der Waals surface area contributed by atoms with Crippen LogP contribution in [-0.4, -0.2) is 28.4 Å². The van der Waals surface area contributed by atoms with Crippen molar-refractivity contribution in [2.75, 3.05) is 0 Å². The third-order valence-electron chi connectivity index (χ3n) is 5.51. The van der Waals surface area contributed by atoms with E-state index in [1.807, 2.05) is 26.1 Å². The van der Waals surface area contributed by atoms with Gasteiger partial charge in [0.25, 0.3) is 0 Å². The number of nitrogens with one attached hydrogen (secondary N) is 2. The van der Waals surface area contributed by atoms with Gasteiger partial charge in [0, 0.05) is 35.2 Å². The second-order valence-corrected chi connectivity index (χ2v) is 11.6. The molecular formula is C22H29FN4O2S. The average Bonchev–Trinajstić information content (AvgIpc) is 3.33. The molecule has 1 aliphatic carbocycles. The fourth-order valence-electron chi connectivity index (χ4n) is 3.92. The van der Waals surface area contributed by atoms with Crippen LogP contribution in [0.5, 0.6) is 0 Å². The van der Waals surface area contributed by atoms with Gasteiger partial charge in [-0.1, -0.05) is 20.8 Å². The van der Waals surface area contributed by atoms with Crippen molar-refractivity contribution in [3.05, 3.63) is 41.5 Å². The molecule has 0 unspecified atom stereocenters. The highest BCUT2D eigenvalue weighted by molar-refractivity contribution is 7.90. The highest BCUT2D eigenvalue weighted by Crippen LogP contribution is 2.36. The Bertz CT molecular complexity index is 1200. The van der Waals surface area contributed by atoms with E-state index in [0.29, 0.717) is 24.1 Å². The summed E-state index contributed by atoms with van der Waals surface area (Å²) in [7, 11) is -3.35. The Hall–Kier alpha value is -2.19. The number of rotatable bonds is 6. The summed E-state index contributed by atoms with van der Waals surface area (Å²) in [5.41, 5.74) is 3.64. The number of hydrogen-bond donors (Lipinski definition) is 2. The maximum absolute atomic E-state index is 15.1. The molecule has 2 aromatic heterocycles. The summed E-state index contributed by atoms with van der Waals surface area (Å²) in [5, 5.41) is 7.34.